The topological polar surface area (TPSA) is 32.3 Å². The van der Waals surface area contributed by atoms with Crippen molar-refractivity contribution in [2.75, 3.05) is 5.32 Å². The molecule has 0 unspecified atom stereocenters. The minimum atomic E-state index is -4.77. The zero-order valence-corrected chi connectivity index (χ0v) is 6.49. The van der Waals surface area contributed by atoms with E-state index in [0.717, 1.165) is 5.32 Å². The predicted octanol–water partition coefficient (Wildman–Crippen LogP) is 2.60. The third-order valence-corrected chi connectivity index (χ3v) is 1.30. The van der Waals surface area contributed by atoms with Gasteiger partial charge < -0.3 is 5.11 Å². The average Bonchev–Trinajstić information content (AvgIpc) is 1.96. The summed E-state index contributed by atoms with van der Waals surface area (Å²) in [6.45, 7) is 0. The van der Waals surface area contributed by atoms with Crippen LogP contribution >= 0.6 is 0 Å². The van der Waals surface area contributed by atoms with Crippen molar-refractivity contribution in [1.82, 2.24) is 0 Å². The van der Waals surface area contributed by atoms with E-state index in [-0.39, 0.29) is 0 Å². The van der Waals surface area contributed by atoms with Crippen LogP contribution in [0.2, 0.25) is 0 Å². The molecule has 14 heavy (non-hydrogen) atoms. The summed E-state index contributed by atoms with van der Waals surface area (Å²) >= 11 is 0. The lowest BCUT2D eigenvalue weighted by Gasteiger charge is -2.10. The molecule has 0 saturated heterocycles. The van der Waals surface area contributed by atoms with Crippen molar-refractivity contribution in [2.24, 2.45) is 0 Å². The van der Waals surface area contributed by atoms with Crippen molar-refractivity contribution >= 4 is 5.69 Å². The van der Waals surface area contributed by atoms with Crippen molar-refractivity contribution in [3.8, 4) is 5.75 Å². The lowest BCUT2D eigenvalue weighted by molar-refractivity contribution is -0.0999. The number of alkyl halides is 3. The molecule has 0 radical (unpaired) electrons. The molecule has 0 aliphatic heterocycles. The van der Waals surface area contributed by atoms with Gasteiger partial charge in [0.15, 0.2) is 17.4 Å². The summed E-state index contributed by atoms with van der Waals surface area (Å²) < 4.78 is 60.0. The molecule has 0 aliphatic rings. The molecule has 0 atom stereocenters. The van der Waals surface area contributed by atoms with E-state index >= 15 is 0 Å². The Balaban J connectivity index is 3.02. The molecule has 0 aromatic heterocycles. The summed E-state index contributed by atoms with van der Waals surface area (Å²) in [5.74, 6) is -4.33. The number of anilines is 1. The lowest BCUT2D eigenvalue weighted by atomic mass is 10.3. The molecule has 2 N–H and O–H groups in total. The first kappa shape index (κ1) is 10.6. The summed E-state index contributed by atoms with van der Waals surface area (Å²) in [4.78, 5) is 0. The second-order valence-corrected chi connectivity index (χ2v) is 2.41. The third kappa shape index (κ3) is 2.48. The Labute approximate surface area is 75.0 Å². The highest BCUT2D eigenvalue weighted by atomic mass is 19.4. The molecule has 78 valence electrons. The van der Waals surface area contributed by atoms with E-state index in [1.807, 2.05) is 0 Å². The first-order chi connectivity index (χ1) is 6.29. The van der Waals surface area contributed by atoms with E-state index in [9.17, 15) is 22.0 Å². The highest BCUT2D eigenvalue weighted by Crippen LogP contribution is 2.27. The molecule has 1 rings (SSSR count). The van der Waals surface area contributed by atoms with Gasteiger partial charge in [-0.05, 0) is 0 Å². The first-order valence-corrected chi connectivity index (χ1v) is 3.32. The number of hydrogen-bond donors (Lipinski definition) is 2. The van der Waals surface area contributed by atoms with Crippen LogP contribution in [0.25, 0.3) is 0 Å². The van der Waals surface area contributed by atoms with Gasteiger partial charge in [-0.3, -0.25) is 5.32 Å². The molecule has 2 nitrogen and oxygen atoms in total. The van der Waals surface area contributed by atoms with Crippen LogP contribution in [0.3, 0.4) is 0 Å². The largest absolute Gasteiger partial charge is 0.505 e. The van der Waals surface area contributed by atoms with Gasteiger partial charge in [-0.25, -0.2) is 4.39 Å². The molecule has 0 bridgehead atoms. The fourth-order valence-corrected chi connectivity index (χ4v) is 0.810. The third-order valence-electron chi connectivity index (χ3n) is 1.30. The molecule has 0 amide bonds. The van der Waals surface area contributed by atoms with Crippen LogP contribution in [-0.2, 0) is 0 Å². The Morgan fingerprint density at radius 1 is 1.14 bits per heavy atom. The van der Waals surface area contributed by atoms with Gasteiger partial charge in [-0.2, -0.15) is 17.6 Å². The van der Waals surface area contributed by atoms with Crippen molar-refractivity contribution in [1.29, 1.82) is 0 Å². The summed E-state index contributed by atoms with van der Waals surface area (Å²) in [5.41, 5.74) is -0.770. The van der Waals surface area contributed by atoms with Crippen LogP contribution in [-0.4, -0.2) is 11.4 Å². The highest BCUT2D eigenvalue weighted by molar-refractivity contribution is 5.49. The molecular weight excluding hydrogens is 209 g/mol. The Kier molecular flexibility index (Phi) is 2.50. The van der Waals surface area contributed by atoms with Gasteiger partial charge in [-0.15, -0.1) is 0 Å². The van der Waals surface area contributed by atoms with Crippen molar-refractivity contribution in [3.05, 3.63) is 23.8 Å². The number of phenolic OH excluding ortho intramolecular Hbond substituents is 1. The Morgan fingerprint density at radius 2 is 1.71 bits per heavy atom. The van der Waals surface area contributed by atoms with E-state index in [2.05, 4.69) is 0 Å². The maximum absolute atomic E-state index is 12.5. The van der Waals surface area contributed by atoms with Gasteiger partial charge >= 0.3 is 6.30 Å². The maximum Gasteiger partial charge on any atom is 0.482 e. The lowest BCUT2D eigenvalue weighted by Crippen LogP contribution is -2.20. The Morgan fingerprint density at radius 3 is 2.14 bits per heavy atom. The van der Waals surface area contributed by atoms with E-state index in [0.29, 0.717) is 12.1 Å². The summed E-state index contributed by atoms with van der Waals surface area (Å²) in [6.07, 6.45) is -4.77. The smallest absolute Gasteiger partial charge is 0.482 e. The first-order valence-electron chi connectivity index (χ1n) is 3.32. The summed E-state index contributed by atoms with van der Waals surface area (Å²) in [5, 5.41) is 9.58. The summed E-state index contributed by atoms with van der Waals surface area (Å²) in [7, 11) is 0. The van der Waals surface area contributed by atoms with Crippen LogP contribution in [0, 0.1) is 11.6 Å². The number of halogens is 5. The average molecular weight is 213 g/mol. The molecule has 0 heterocycles. The van der Waals surface area contributed by atoms with Gasteiger partial charge in [0.05, 0.1) is 0 Å². The van der Waals surface area contributed by atoms with Gasteiger partial charge in [0.1, 0.15) is 0 Å². The zero-order valence-electron chi connectivity index (χ0n) is 6.49. The van der Waals surface area contributed by atoms with E-state index in [1.54, 1.807) is 0 Å². The molecule has 1 aromatic carbocycles. The fraction of sp³-hybridized carbons (Fsp3) is 0.143. The fourth-order valence-electron chi connectivity index (χ4n) is 0.810. The summed E-state index contributed by atoms with van der Waals surface area (Å²) in [6, 6.07) is 0.731. The van der Waals surface area contributed by atoms with E-state index < -0.39 is 29.4 Å². The van der Waals surface area contributed by atoms with Crippen LogP contribution in [0.5, 0.6) is 5.75 Å². The van der Waals surface area contributed by atoms with E-state index in [4.69, 9.17) is 5.11 Å². The quantitative estimate of drug-likeness (QED) is 0.555. The molecule has 0 saturated carbocycles. The minimum absolute atomic E-state index is 0.294. The number of aromatic hydroxyl groups is 1. The highest BCUT2D eigenvalue weighted by Gasteiger charge is 2.27. The molecule has 0 aliphatic carbocycles. The second kappa shape index (κ2) is 3.32. The Bertz CT molecular complexity index is 325. The number of hydrogen-bond acceptors (Lipinski definition) is 2. The number of nitrogens with one attached hydrogen (secondary N) is 1. The molecule has 0 spiro atoms. The number of phenols is 1. The molecule has 0 fully saturated rings. The van der Waals surface area contributed by atoms with Gasteiger partial charge in [0.25, 0.3) is 0 Å². The van der Waals surface area contributed by atoms with Gasteiger partial charge in [-0.1, -0.05) is 0 Å². The number of benzene rings is 1. The molecule has 7 heteroatoms. The normalized spacial score (nSPS) is 11.5. The number of rotatable bonds is 1. The van der Waals surface area contributed by atoms with Crippen LogP contribution in [0.15, 0.2) is 12.1 Å². The van der Waals surface area contributed by atoms with Crippen LogP contribution in [0.1, 0.15) is 0 Å². The molecular formula is C7H4F5NO. The second-order valence-electron chi connectivity index (χ2n) is 2.41. The molecule has 1 aromatic rings. The van der Waals surface area contributed by atoms with Crippen molar-refractivity contribution in [2.45, 2.75) is 6.30 Å². The van der Waals surface area contributed by atoms with Gasteiger partial charge in [0.2, 0.25) is 0 Å². The van der Waals surface area contributed by atoms with Gasteiger partial charge in [0, 0.05) is 17.8 Å². The van der Waals surface area contributed by atoms with Crippen LogP contribution in [0.4, 0.5) is 27.6 Å². The monoisotopic (exact) mass is 213 g/mol. The SMILES string of the molecule is Oc1cc(NC(F)(F)F)cc(F)c1F. The van der Waals surface area contributed by atoms with Crippen molar-refractivity contribution < 1.29 is 27.1 Å². The standard InChI is InChI=1S/C7H4F5NO/c8-4-1-3(13-7(10,11)12)2-5(14)6(4)9/h1-2,13-14H. The van der Waals surface area contributed by atoms with Crippen LogP contribution < -0.4 is 5.32 Å². The zero-order chi connectivity index (χ0) is 10.9. The maximum atomic E-state index is 12.5. The van der Waals surface area contributed by atoms with Crippen molar-refractivity contribution in [3.63, 3.8) is 0 Å². The predicted molar refractivity (Wildman–Crippen MR) is 37.7 cm³/mol. The van der Waals surface area contributed by atoms with E-state index in [1.165, 1.54) is 0 Å². The Hall–Kier alpha value is -1.53. The minimum Gasteiger partial charge on any atom is -0.505 e.